The van der Waals surface area contributed by atoms with Gasteiger partial charge in [-0.2, -0.15) is 5.10 Å². The van der Waals surface area contributed by atoms with E-state index in [0.29, 0.717) is 12.3 Å². The molecule has 0 saturated carbocycles. The quantitative estimate of drug-likeness (QED) is 0.739. The maximum Gasteiger partial charge on any atom is 0.120 e. The van der Waals surface area contributed by atoms with Crippen LogP contribution in [0.4, 0.5) is 5.69 Å². The molecule has 0 fully saturated rings. The van der Waals surface area contributed by atoms with Gasteiger partial charge in [-0.25, -0.2) is 0 Å². The van der Waals surface area contributed by atoms with Crippen molar-refractivity contribution in [2.45, 2.75) is 20.4 Å². The summed E-state index contributed by atoms with van der Waals surface area (Å²) in [5, 5.41) is 19.9. The Kier molecular flexibility index (Phi) is 2.81. The van der Waals surface area contributed by atoms with Crippen LogP contribution < -0.4 is 5.32 Å². The first-order valence-corrected chi connectivity index (χ1v) is 5.21. The minimum absolute atomic E-state index is 0.314. The molecule has 1 aromatic carbocycles. The molecule has 0 aliphatic rings. The number of benzene rings is 1. The molecule has 2 rings (SSSR count). The zero-order valence-corrected chi connectivity index (χ0v) is 9.41. The molecule has 1 heterocycles. The van der Waals surface area contributed by atoms with Gasteiger partial charge in [0.15, 0.2) is 0 Å². The third kappa shape index (κ3) is 2.00. The van der Waals surface area contributed by atoms with Gasteiger partial charge in [-0.1, -0.05) is 18.2 Å². The summed E-state index contributed by atoms with van der Waals surface area (Å²) in [5.41, 5.74) is 3.83. The summed E-state index contributed by atoms with van der Waals surface area (Å²) in [5.74, 6) is 0.314. The lowest BCUT2D eigenvalue weighted by atomic mass is 10.2. The number of para-hydroxylation sites is 1. The monoisotopic (exact) mass is 217 g/mol. The number of anilines is 1. The van der Waals surface area contributed by atoms with E-state index in [-0.39, 0.29) is 0 Å². The molecular formula is C12H15N3O. The van der Waals surface area contributed by atoms with E-state index in [1.54, 1.807) is 6.07 Å². The maximum atomic E-state index is 9.61. The first-order valence-electron chi connectivity index (χ1n) is 5.21. The summed E-state index contributed by atoms with van der Waals surface area (Å²) in [4.78, 5) is 0. The third-order valence-electron chi connectivity index (χ3n) is 2.58. The smallest absolute Gasteiger partial charge is 0.120 e. The normalized spacial score (nSPS) is 10.4. The number of phenols is 1. The molecule has 0 spiro atoms. The third-order valence-corrected chi connectivity index (χ3v) is 2.58. The molecule has 0 bridgehead atoms. The standard InChI is InChI=1S/C12H15N3O/c1-8-12(9(2)15-14-8)13-7-10-5-3-4-6-11(10)16/h3-6,13,16H,7H2,1-2H3,(H,14,15). The van der Waals surface area contributed by atoms with Gasteiger partial charge >= 0.3 is 0 Å². The molecule has 16 heavy (non-hydrogen) atoms. The second kappa shape index (κ2) is 4.26. The first kappa shape index (κ1) is 10.5. The molecule has 0 aliphatic heterocycles. The van der Waals surface area contributed by atoms with Crippen molar-refractivity contribution < 1.29 is 5.11 Å². The Labute approximate surface area is 94.3 Å². The van der Waals surface area contributed by atoms with E-state index in [1.165, 1.54) is 0 Å². The van der Waals surface area contributed by atoms with Crippen LogP contribution in [0.3, 0.4) is 0 Å². The number of H-pyrrole nitrogens is 1. The SMILES string of the molecule is Cc1n[nH]c(C)c1NCc1ccccc1O. The van der Waals surface area contributed by atoms with Gasteiger partial charge in [-0.05, 0) is 19.9 Å². The molecule has 0 radical (unpaired) electrons. The molecule has 4 nitrogen and oxygen atoms in total. The van der Waals surface area contributed by atoms with E-state index < -0.39 is 0 Å². The Hall–Kier alpha value is -1.97. The summed E-state index contributed by atoms with van der Waals surface area (Å²) in [6.07, 6.45) is 0. The van der Waals surface area contributed by atoms with Crippen LogP contribution in [-0.4, -0.2) is 15.3 Å². The van der Waals surface area contributed by atoms with Crippen LogP contribution in [0, 0.1) is 13.8 Å². The van der Waals surface area contributed by atoms with E-state index >= 15 is 0 Å². The van der Waals surface area contributed by atoms with Crippen molar-refractivity contribution in [3.8, 4) is 5.75 Å². The summed E-state index contributed by atoms with van der Waals surface area (Å²) in [7, 11) is 0. The number of phenolic OH excluding ortho intramolecular Hbond substituents is 1. The molecule has 4 heteroatoms. The largest absolute Gasteiger partial charge is 0.508 e. The van der Waals surface area contributed by atoms with Gasteiger partial charge in [0.2, 0.25) is 0 Å². The minimum Gasteiger partial charge on any atom is -0.508 e. The molecule has 84 valence electrons. The highest BCUT2D eigenvalue weighted by Gasteiger charge is 2.06. The number of aromatic amines is 1. The number of hydrogen-bond donors (Lipinski definition) is 3. The molecule has 3 N–H and O–H groups in total. The number of nitrogens with zero attached hydrogens (tertiary/aromatic N) is 1. The molecule has 0 unspecified atom stereocenters. The van der Waals surface area contributed by atoms with Crippen molar-refractivity contribution in [1.29, 1.82) is 0 Å². The van der Waals surface area contributed by atoms with Crippen molar-refractivity contribution >= 4 is 5.69 Å². The fraction of sp³-hybridized carbons (Fsp3) is 0.250. The first-order chi connectivity index (χ1) is 7.68. The van der Waals surface area contributed by atoms with Crippen molar-refractivity contribution in [1.82, 2.24) is 10.2 Å². The van der Waals surface area contributed by atoms with Crippen molar-refractivity contribution in [3.63, 3.8) is 0 Å². The van der Waals surface area contributed by atoms with Gasteiger partial charge in [0.1, 0.15) is 5.75 Å². The number of aromatic nitrogens is 2. The number of nitrogens with one attached hydrogen (secondary N) is 2. The Balaban J connectivity index is 2.11. The van der Waals surface area contributed by atoms with Crippen LogP contribution in [0.5, 0.6) is 5.75 Å². The Bertz CT molecular complexity index is 471. The van der Waals surface area contributed by atoms with Crippen LogP contribution >= 0.6 is 0 Å². The van der Waals surface area contributed by atoms with Gasteiger partial charge in [0, 0.05) is 12.1 Å². The lowest BCUT2D eigenvalue weighted by molar-refractivity contribution is 0.469. The predicted molar refractivity (Wildman–Crippen MR) is 63.5 cm³/mol. The molecule has 0 amide bonds. The van der Waals surface area contributed by atoms with Gasteiger partial charge in [-0.3, -0.25) is 5.10 Å². The van der Waals surface area contributed by atoms with E-state index in [1.807, 2.05) is 32.0 Å². The number of hydrogen-bond acceptors (Lipinski definition) is 3. The molecule has 0 atom stereocenters. The molecule has 0 aliphatic carbocycles. The summed E-state index contributed by atoms with van der Waals surface area (Å²) < 4.78 is 0. The van der Waals surface area contributed by atoms with Crippen molar-refractivity contribution in [2.75, 3.05) is 5.32 Å². The lowest BCUT2D eigenvalue weighted by Gasteiger charge is -2.07. The molecular weight excluding hydrogens is 202 g/mol. The van der Waals surface area contributed by atoms with E-state index in [0.717, 1.165) is 22.6 Å². The maximum absolute atomic E-state index is 9.61. The van der Waals surface area contributed by atoms with Crippen LogP contribution in [0.25, 0.3) is 0 Å². The summed E-state index contributed by atoms with van der Waals surface area (Å²) >= 11 is 0. The van der Waals surface area contributed by atoms with E-state index in [2.05, 4.69) is 15.5 Å². The van der Waals surface area contributed by atoms with Crippen LogP contribution in [0.1, 0.15) is 17.0 Å². The summed E-state index contributed by atoms with van der Waals surface area (Å²) in [6, 6.07) is 7.30. The van der Waals surface area contributed by atoms with Crippen LogP contribution in [0.15, 0.2) is 24.3 Å². The average molecular weight is 217 g/mol. The fourth-order valence-corrected chi connectivity index (χ4v) is 1.66. The Morgan fingerprint density at radius 1 is 1.31 bits per heavy atom. The van der Waals surface area contributed by atoms with Crippen LogP contribution in [0.2, 0.25) is 0 Å². The minimum atomic E-state index is 0.314. The fourth-order valence-electron chi connectivity index (χ4n) is 1.66. The topological polar surface area (TPSA) is 60.9 Å². The molecule has 0 saturated heterocycles. The second-order valence-corrected chi connectivity index (χ2v) is 3.79. The highest BCUT2D eigenvalue weighted by Crippen LogP contribution is 2.20. The number of aryl methyl sites for hydroxylation is 2. The van der Waals surface area contributed by atoms with Gasteiger partial charge in [0.25, 0.3) is 0 Å². The van der Waals surface area contributed by atoms with Gasteiger partial charge in [-0.15, -0.1) is 0 Å². The van der Waals surface area contributed by atoms with E-state index in [9.17, 15) is 5.11 Å². The Morgan fingerprint density at radius 3 is 2.69 bits per heavy atom. The Morgan fingerprint density at radius 2 is 2.06 bits per heavy atom. The van der Waals surface area contributed by atoms with E-state index in [4.69, 9.17) is 0 Å². The second-order valence-electron chi connectivity index (χ2n) is 3.79. The zero-order valence-electron chi connectivity index (χ0n) is 9.41. The summed E-state index contributed by atoms with van der Waals surface area (Å²) in [6.45, 7) is 4.50. The predicted octanol–water partition coefficient (Wildman–Crippen LogP) is 2.34. The lowest BCUT2D eigenvalue weighted by Crippen LogP contribution is -2.01. The number of rotatable bonds is 3. The van der Waals surface area contributed by atoms with Gasteiger partial charge < -0.3 is 10.4 Å². The zero-order chi connectivity index (χ0) is 11.5. The van der Waals surface area contributed by atoms with Gasteiger partial charge in [0.05, 0.1) is 17.1 Å². The van der Waals surface area contributed by atoms with Crippen LogP contribution in [-0.2, 0) is 6.54 Å². The van der Waals surface area contributed by atoms with Crippen molar-refractivity contribution in [3.05, 3.63) is 41.2 Å². The highest BCUT2D eigenvalue weighted by atomic mass is 16.3. The molecule has 1 aromatic heterocycles. The molecule has 2 aromatic rings. The van der Waals surface area contributed by atoms with Crippen molar-refractivity contribution in [2.24, 2.45) is 0 Å². The number of aromatic hydroxyl groups is 1. The average Bonchev–Trinajstić information content (AvgIpc) is 2.58. The highest BCUT2D eigenvalue weighted by molar-refractivity contribution is 5.52.